The van der Waals surface area contributed by atoms with Crippen molar-refractivity contribution >= 4 is 28.3 Å². The molecule has 102 valence electrons. The van der Waals surface area contributed by atoms with Gasteiger partial charge in [-0.05, 0) is 25.4 Å². The fraction of sp³-hybridized carbons (Fsp3) is 0.364. The summed E-state index contributed by atoms with van der Waals surface area (Å²) in [6.07, 6.45) is 3.50. The van der Waals surface area contributed by atoms with Crippen LogP contribution in [0, 0.1) is 0 Å². The highest BCUT2D eigenvalue weighted by Gasteiger charge is 2.19. The molecule has 5 N–H and O–H groups in total. The molecule has 2 aromatic rings. The van der Waals surface area contributed by atoms with Gasteiger partial charge in [0.1, 0.15) is 10.6 Å². The predicted octanol–water partition coefficient (Wildman–Crippen LogP) is 1.20. The van der Waals surface area contributed by atoms with Gasteiger partial charge in [0.2, 0.25) is 0 Å². The Balaban J connectivity index is 2.10. The minimum absolute atomic E-state index is 0.0496. The Labute approximate surface area is 114 Å². The summed E-state index contributed by atoms with van der Waals surface area (Å²) in [6.45, 7) is 4.35. The molecule has 1 amide bonds. The van der Waals surface area contributed by atoms with Gasteiger partial charge in [-0.2, -0.15) is 9.47 Å². The number of rotatable bonds is 5. The number of hydrogen-bond donors (Lipinski definition) is 4. The number of aromatic amines is 1. The Morgan fingerprint density at radius 3 is 3.00 bits per heavy atom. The third kappa shape index (κ3) is 3.22. The quantitative estimate of drug-likeness (QED) is 0.658. The van der Waals surface area contributed by atoms with Crippen molar-refractivity contribution in [1.29, 1.82) is 0 Å². The van der Waals surface area contributed by atoms with Crippen molar-refractivity contribution in [2.24, 2.45) is 0 Å². The number of H-pyrrole nitrogens is 1. The number of aromatic nitrogens is 3. The SMILES string of the molecule is CC(C)NC(=O)c1c(N)nsc1NCc1cn[nH]c1. The second-order valence-electron chi connectivity index (χ2n) is 4.36. The topological polar surface area (TPSA) is 109 Å². The van der Waals surface area contributed by atoms with Crippen LogP contribution in [0.1, 0.15) is 29.8 Å². The molecule has 8 heteroatoms. The molecule has 0 aliphatic rings. The lowest BCUT2D eigenvalue weighted by atomic mass is 10.2. The molecule has 19 heavy (non-hydrogen) atoms. The van der Waals surface area contributed by atoms with Gasteiger partial charge in [-0.25, -0.2) is 0 Å². The monoisotopic (exact) mass is 280 g/mol. The third-order valence-electron chi connectivity index (χ3n) is 2.37. The lowest BCUT2D eigenvalue weighted by Gasteiger charge is -2.09. The van der Waals surface area contributed by atoms with Crippen LogP contribution in [0.2, 0.25) is 0 Å². The van der Waals surface area contributed by atoms with E-state index in [1.165, 1.54) is 11.5 Å². The second kappa shape index (κ2) is 5.70. The number of anilines is 2. The average Bonchev–Trinajstić information content (AvgIpc) is 2.94. The van der Waals surface area contributed by atoms with E-state index in [0.29, 0.717) is 17.1 Å². The van der Waals surface area contributed by atoms with E-state index in [1.54, 1.807) is 12.4 Å². The van der Waals surface area contributed by atoms with Crippen LogP contribution in [0.4, 0.5) is 10.8 Å². The highest BCUT2D eigenvalue weighted by atomic mass is 32.1. The number of carbonyl (C=O) groups excluding carboxylic acids is 1. The van der Waals surface area contributed by atoms with Gasteiger partial charge in [-0.15, -0.1) is 0 Å². The zero-order valence-corrected chi connectivity index (χ0v) is 11.5. The number of nitrogens with zero attached hydrogens (tertiary/aromatic N) is 2. The minimum atomic E-state index is -0.212. The maximum atomic E-state index is 12.0. The zero-order valence-electron chi connectivity index (χ0n) is 10.7. The van der Waals surface area contributed by atoms with E-state index in [1.807, 2.05) is 13.8 Å². The van der Waals surface area contributed by atoms with Crippen LogP contribution in [0.3, 0.4) is 0 Å². The summed E-state index contributed by atoms with van der Waals surface area (Å²) in [6, 6.07) is 0.0496. The summed E-state index contributed by atoms with van der Waals surface area (Å²) in [5.74, 6) is 0.0359. The minimum Gasteiger partial charge on any atom is -0.382 e. The van der Waals surface area contributed by atoms with E-state index >= 15 is 0 Å². The van der Waals surface area contributed by atoms with Gasteiger partial charge in [0.15, 0.2) is 5.82 Å². The summed E-state index contributed by atoms with van der Waals surface area (Å²) < 4.78 is 4.02. The lowest BCUT2D eigenvalue weighted by molar-refractivity contribution is 0.0945. The molecule has 0 atom stereocenters. The average molecular weight is 280 g/mol. The Kier molecular flexibility index (Phi) is 4.00. The van der Waals surface area contributed by atoms with Gasteiger partial charge in [0.05, 0.1) is 6.20 Å². The molecular formula is C11H16N6OS. The second-order valence-corrected chi connectivity index (χ2v) is 5.13. The number of hydrogen-bond acceptors (Lipinski definition) is 6. The Morgan fingerprint density at radius 2 is 2.37 bits per heavy atom. The first-order valence-corrected chi connectivity index (χ1v) is 6.62. The van der Waals surface area contributed by atoms with Crippen molar-refractivity contribution in [2.75, 3.05) is 11.1 Å². The molecular weight excluding hydrogens is 264 g/mol. The standard InChI is InChI=1S/C11H16N6OS/c1-6(2)16-10(18)8-9(12)17-19-11(8)13-3-7-4-14-15-5-7/h4-6,13H,3H2,1-2H3,(H2,12,17)(H,14,15)(H,16,18). The summed E-state index contributed by atoms with van der Waals surface area (Å²) >= 11 is 1.18. The van der Waals surface area contributed by atoms with Crippen LogP contribution in [-0.2, 0) is 6.54 Å². The molecule has 0 saturated carbocycles. The molecule has 0 saturated heterocycles. The van der Waals surface area contributed by atoms with Crippen LogP contribution in [-0.4, -0.2) is 26.5 Å². The number of amides is 1. The van der Waals surface area contributed by atoms with Crippen molar-refractivity contribution in [1.82, 2.24) is 19.9 Å². The van der Waals surface area contributed by atoms with E-state index in [4.69, 9.17) is 5.73 Å². The predicted molar refractivity (Wildman–Crippen MR) is 75.0 cm³/mol. The van der Waals surface area contributed by atoms with Crippen molar-refractivity contribution in [3.05, 3.63) is 23.5 Å². The Morgan fingerprint density at radius 1 is 1.58 bits per heavy atom. The van der Waals surface area contributed by atoms with Crippen LogP contribution >= 0.6 is 11.5 Å². The third-order valence-corrected chi connectivity index (χ3v) is 3.19. The summed E-state index contributed by atoms with van der Waals surface area (Å²) in [5, 5.41) is 13.2. The molecule has 0 radical (unpaired) electrons. The van der Waals surface area contributed by atoms with Gasteiger partial charge in [0.25, 0.3) is 5.91 Å². The Hall–Kier alpha value is -2.09. The molecule has 2 aromatic heterocycles. The molecule has 0 aliphatic carbocycles. The molecule has 0 fully saturated rings. The Bertz CT molecular complexity index is 548. The number of carbonyl (C=O) groups is 1. The first-order valence-electron chi connectivity index (χ1n) is 5.85. The summed E-state index contributed by atoms with van der Waals surface area (Å²) in [5.41, 5.74) is 7.14. The maximum absolute atomic E-state index is 12.0. The fourth-order valence-corrected chi connectivity index (χ4v) is 2.24. The van der Waals surface area contributed by atoms with Crippen LogP contribution in [0.5, 0.6) is 0 Å². The highest BCUT2D eigenvalue weighted by molar-refractivity contribution is 7.11. The molecule has 0 bridgehead atoms. The smallest absolute Gasteiger partial charge is 0.258 e. The molecule has 0 aromatic carbocycles. The van der Waals surface area contributed by atoms with Crippen LogP contribution in [0.15, 0.2) is 12.4 Å². The zero-order chi connectivity index (χ0) is 13.8. The summed E-state index contributed by atoms with van der Waals surface area (Å²) in [4.78, 5) is 12.0. The normalized spacial score (nSPS) is 10.7. The van der Waals surface area contributed by atoms with E-state index in [-0.39, 0.29) is 17.8 Å². The number of nitrogens with one attached hydrogen (secondary N) is 3. The lowest BCUT2D eigenvalue weighted by Crippen LogP contribution is -2.30. The fourth-order valence-electron chi connectivity index (χ4n) is 1.53. The van der Waals surface area contributed by atoms with E-state index in [2.05, 4.69) is 25.2 Å². The molecule has 7 nitrogen and oxygen atoms in total. The molecule has 2 heterocycles. The first kappa shape index (κ1) is 13.3. The molecule has 0 unspecified atom stereocenters. The maximum Gasteiger partial charge on any atom is 0.258 e. The molecule has 0 spiro atoms. The van der Waals surface area contributed by atoms with E-state index in [0.717, 1.165) is 5.56 Å². The van der Waals surface area contributed by atoms with Crippen molar-refractivity contribution in [3.63, 3.8) is 0 Å². The molecule has 2 rings (SSSR count). The van der Waals surface area contributed by atoms with Crippen molar-refractivity contribution in [3.8, 4) is 0 Å². The van der Waals surface area contributed by atoms with Crippen LogP contribution < -0.4 is 16.4 Å². The van der Waals surface area contributed by atoms with Crippen LogP contribution in [0.25, 0.3) is 0 Å². The van der Waals surface area contributed by atoms with Gasteiger partial charge in [-0.1, -0.05) is 0 Å². The number of nitrogen functional groups attached to an aromatic ring is 1. The number of nitrogens with two attached hydrogens (primary N) is 1. The molecule has 0 aliphatic heterocycles. The first-order chi connectivity index (χ1) is 9.08. The van der Waals surface area contributed by atoms with Gasteiger partial charge in [-0.3, -0.25) is 9.89 Å². The largest absolute Gasteiger partial charge is 0.382 e. The van der Waals surface area contributed by atoms with E-state index in [9.17, 15) is 4.79 Å². The van der Waals surface area contributed by atoms with Crippen molar-refractivity contribution < 1.29 is 4.79 Å². The highest BCUT2D eigenvalue weighted by Crippen LogP contribution is 2.27. The van der Waals surface area contributed by atoms with Gasteiger partial charge < -0.3 is 16.4 Å². The van der Waals surface area contributed by atoms with Gasteiger partial charge >= 0.3 is 0 Å². The van der Waals surface area contributed by atoms with Crippen molar-refractivity contribution in [2.45, 2.75) is 26.4 Å². The van der Waals surface area contributed by atoms with E-state index < -0.39 is 0 Å². The van der Waals surface area contributed by atoms with Gasteiger partial charge in [0, 0.05) is 24.3 Å². The summed E-state index contributed by atoms with van der Waals surface area (Å²) in [7, 11) is 0.